The molecule has 0 N–H and O–H groups in total. The molecule has 2 heterocycles. The fourth-order valence-electron chi connectivity index (χ4n) is 2.36. The second-order valence-electron chi connectivity index (χ2n) is 4.52. The van der Waals surface area contributed by atoms with Crippen molar-refractivity contribution < 1.29 is 4.42 Å². The average Bonchev–Trinajstić information content (AvgIpc) is 2.88. The molecule has 0 spiro atoms. The van der Waals surface area contributed by atoms with Crippen molar-refractivity contribution in [3.8, 4) is 11.1 Å². The lowest BCUT2D eigenvalue weighted by Crippen LogP contribution is -1.80. The number of rotatable bonds is 1. The predicted octanol–water partition coefficient (Wildman–Crippen LogP) is 4.70. The molecular weight excluding hydrogens is 272 g/mol. The number of furan rings is 1. The highest BCUT2D eigenvalue weighted by Crippen LogP contribution is 2.33. The summed E-state index contributed by atoms with van der Waals surface area (Å²) in [6.45, 7) is 0. The van der Waals surface area contributed by atoms with Gasteiger partial charge in [0, 0.05) is 5.39 Å². The predicted molar refractivity (Wildman–Crippen MR) is 79.8 cm³/mol. The van der Waals surface area contributed by atoms with Gasteiger partial charge in [-0.15, -0.1) is 0 Å². The normalized spacial score (nSPS) is 11.2. The van der Waals surface area contributed by atoms with Crippen molar-refractivity contribution in [1.29, 1.82) is 0 Å². The maximum Gasteiger partial charge on any atom is 0.191 e. The smallest absolute Gasteiger partial charge is 0.191 e. The minimum Gasteiger partial charge on any atom is -0.451 e. The van der Waals surface area contributed by atoms with Crippen molar-refractivity contribution in [1.82, 2.24) is 9.97 Å². The molecule has 4 heteroatoms. The van der Waals surface area contributed by atoms with Crippen molar-refractivity contribution in [3.05, 3.63) is 60.0 Å². The highest BCUT2D eigenvalue weighted by molar-refractivity contribution is 6.34. The summed E-state index contributed by atoms with van der Waals surface area (Å²) in [6.07, 6.45) is 1.45. The van der Waals surface area contributed by atoms with Crippen LogP contribution in [0.3, 0.4) is 0 Å². The summed E-state index contributed by atoms with van der Waals surface area (Å²) >= 11 is 6.04. The highest BCUT2D eigenvalue weighted by atomic mass is 35.5. The maximum absolute atomic E-state index is 6.04. The summed E-state index contributed by atoms with van der Waals surface area (Å²) < 4.78 is 5.72. The number of halogens is 1. The quantitative estimate of drug-likeness (QED) is 0.475. The molecule has 0 amide bonds. The van der Waals surface area contributed by atoms with Crippen molar-refractivity contribution in [3.63, 3.8) is 0 Å². The summed E-state index contributed by atoms with van der Waals surface area (Å²) in [6, 6.07) is 16.2. The molecule has 3 nitrogen and oxygen atoms in total. The Morgan fingerprint density at radius 2 is 1.75 bits per heavy atom. The fourth-order valence-corrected chi connectivity index (χ4v) is 2.53. The first-order chi connectivity index (χ1) is 9.83. The zero-order valence-electron chi connectivity index (χ0n) is 10.4. The van der Waals surface area contributed by atoms with Crippen LogP contribution in [0.25, 0.3) is 33.2 Å². The lowest BCUT2D eigenvalue weighted by atomic mass is 10.0. The Morgan fingerprint density at radius 1 is 0.900 bits per heavy atom. The lowest BCUT2D eigenvalue weighted by Gasteiger charge is -2.00. The molecule has 20 heavy (non-hydrogen) atoms. The number of aromatic nitrogens is 2. The average molecular weight is 281 g/mol. The van der Waals surface area contributed by atoms with Crippen LogP contribution in [0, 0.1) is 0 Å². The van der Waals surface area contributed by atoms with E-state index >= 15 is 0 Å². The molecule has 0 unspecified atom stereocenters. The minimum atomic E-state index is 0.340. The molecular formula is C16H9ClN2O. The molecule has 2 aromatic carbocycles. The van der Waals surface area contributed by atoms with Gasteiger partial charge in [-0.05, 0) is 23.3 Å². The van der Waals surface area contributed by atoms with E-state index in [9.17, 15) is 0 Å². The van der Waals surface area contributed by atoms with E-state index < -0.39 is 0 Å². The molecule has 0 atom stereocenters. The molecule has 96 valence electrons. The van der Waals surface area contributed by atoms with Crippen LogP contribution in [0.2, 0.25) is 5.15 Å². The van der Waals surface area contributed by atoms with Crippen LogP contribution in [0.4, 0.5) is 0 Å². The number of hydrogen-bond acceptors (Lipinski definition) is 3. The first-order valence-corrected chi connectivity index (χ1v) is 6.59. The molecule has 0 aliphatic heterocycles. The molecule has 0 aliphatic carbocycles. The van der Waals surface area contributed by atoms with Gasteiger partial charge in [-0.2, -0.15) is 0 Å². The fraction of sp³-hybridized carbons (Fsp3) is 0. The van der Waals surface area contributed by atoms with Crippen LogP contribution in [0.5, 0.6) is 0 Å². The zero-order chi connectivity index (χ0) is 13.5. The Bertz CT molecular complexity index is 916. The third-order valence-corrected chi connectivity index (χ3v) is 3.58. The van der Waals surface area contributed by atoms with E-state index in [0.717, 1.165) is 27.6 Å². The van der Waals surface area contributed by atoms with Crippen molar-refractivity contribution in [2.45, 2.75) is 0 Å². The Hall–Kier alpha value is -2.39. The third-order valence-electron chi connectivity index (χ3n) is 3.31. The third kappa shape index (κ3) is 1.67. The van der Waals surface area contributed by atoms with Gasteiger partial charge >= 0.3 is 0 Å². The molecule has 4 aromatic rings. The second-order valence-corrected chi connectivity index (χ2v) is 4.88. The van der Waals surface area contributed by atoms with Gasteiger partial charge in [0.2, 0.25) is 0 Å². The Labute approximate surface area is 119 Å². The highest BCUT2D eigenvalue weighted by Gasteiger charge is 2.12. The van der Waals surface area contributed by atoms with Gasteiger partial charge in [0.05, 0.1) is 0 Å². The van der Waals surface area contributed by atoms with Crippen LogP contribution in [-0.4, -0.2) is 9.97 Å². The number of hydrogen-bond donors (Lipinski definition) is 0. The maximum atomic E-state index is 6.04. The van der Waals surface area contributed by atoms with Crippen molar-refractivity contribution >= 4 is 33.7 Å². The molecule has 0 bridgehead atoms. The van der Waals surface area contributed by atoms with Crippen LogP contribution >= 0.6 is 11.6 Å². The summed E-state index contributed by atoms with van der Waals surface area (Å²) in [7, 11) is 0. The Kier molecular flexibility index (Phi) is 2.47. The Morgan fingerprint density at radius 3 is 2.60 bits per heavy atom. The van der Waals surface area contributed by atoms with Gasteiger partial charge in [-0.1, -0.05) is 48.0 Å². The molecule has 4 rings (SSSR count). The van der Waals surface area contributed by atoms with Crippen molar-refractivity contribution in [2.24, 2.45) is 0 Å². The first kappa shape index (κ1) is 11.4. The summed E-state index contributed by atoms with van der Waals surface area (Å²) in [5.41, 5.74) is 4.33. The first-order valence-electron chi connectivity index (χ1n) is 6.21. The largest absolute Gasteiger partial charge is 0.451 e. The van der Waals surface area contributed by atoms with Crippen molar-refractivity contribution in [2.75, 3.05) is 0 Å². The van der Waals surface area contributed by atoms with Gasteiger partial charge in [0.25, 0.3) is 0 Å². The van der Waals surface area contributed by atoms with Gasteiger partial charge in [-0.3, -0.25) is 0 Å². The van der Waals surface area contributed by atoms with Crippen LogP contribution < -0.4 is 0 Å². The standard InChI is InChI=1S/C16H9ClN2O/c17-16-15-14(18-9-19-16)12-8-11(6-7-13(12)20-15)10-4-2-1-3-5-10/h1-9H. The number of fused-ring (bicyclic) bond motifs is 3. The summed E-state index contributed by atoms with van der Waals surface area (Å²) in [5.74, 6) is 0. The summed E-state index contributed by atoms with van der Waals surface area (Å²) in [5, 5.41) is 1.29. The topological polar surface area (TPSA) is 38.9 Å². The van der Waals surface area contributed by atoms with E-state index in [1.807, 2.05) is 30.3 Å². The van der Waals surface area contributed by atoms with E-state index in [2.05, 4.69) is 28.2 Å². The van der Waals surface area contributed by atoms with E-state index in [1.165, 1.54) is 6.33 Å². The van der Waals surface area contributed by atoms with E-state index in [0.29, 0.717) is 10.7 Å². The minimum absolute atomic E-state index is 0.340. The molecule has 0 saturated carbocycles. The Balaban J connectivity index is 2.04. The summed E-state index contributed by atoms with van der Waals surface area (Å²) in [4.78, 5) is 8.22. The SMILES string of the molecule is Clc1ncnc2c1oc1ccc(-c3ccccc3)cc12. The zero-order valence-corrected chi connectivity index (χ0v) is 11.1. The molecule has 0 radical (unpaired) electrons. The molecule has 0 aliphatic rings. The monoisotopic (exact) mass is 280 g/mol. The number of benzene rings is 2. The lowest BCUT2D eigenvalue weighted by molar-refractivity contribution is 0.666. The van der Waals surface area contributed by atoms with Crippen LogP contribution in [0.15, 0.2) is 59.3 Å². The molecule has 0 fully saturated rings. The molecule has 0 saturated heterocycles. The van der Waals surface area contributed by atoms with Crippen LogP contribution in [0.1, 0.15) is 0 Å². The number of nitrogens with zero attached hydrogens (tertiary/aromatic N) is 2. The van der Waals surface area contributed by atoms with Crippen LogP contribution in [-0.2, 0) is 0 Å². The van der Waals surface area contributed by atoms with Gasteiger partial charge < -0.3 is 4.42 Å². The van der Waals surface area contributed by atoms with E-state index in [4.69, 9.17) is 16.0 Å². The molecule has 2 aromatic heterocycles. The van der Waals surface area contributed by atoms with Gasteiger partial charge in [0.15, 0.2) is 10.7 Å². The van der Waals surface area contributed by atoms with Gasteiger partial charge in [0.1, 0.15) is 17.4 Å². The van der Waals surface area contributed by atoms with E-state index in [1.54, 1.807) is 0 Å². The second kappa shape index (κ2) is 4.32. The van der Waals surface area contributed by atoms with E-state index in [-0.39, 0.29) is 0 Å². The van der Waals surface area contributed by atoms with Gasteiger partial charge in [-0.25, -0.2) is 9.97 Å².